The molecular weight excluding hydrogens is 446 g/mol. The van der Waals surface area contributed by atoms with Crippen molar-refractivity contribution in [3.05, 3.63) is 70.2 Å². The second-order valence-electron chi connectivity index (χ2n) is 7.58. The van der Waals surface area contributed by atoms with E-state index < -0.39 is 0 Å². The summed E-state index contributed by atoms with van der Waals surface area (Å²) in [6, 6.07) is 16.9. The van der Waals surface area contributed by atoms with Crippen LogP contribution in [0.5, 0.6) is 0 Å². The van der Waals surface area contributed by atoms with Crippen LogP contribution in [0.25, 0.3) is 15.9 Å². The van der Waals surface area contributed by atoms with E-state index in [1.807, 2.05) is 71.1 Å². The zero-order chi connectivity index (χ0) is 22.2. The van der Waals surface area contributed by atoms with Gasteiger partial charge < -0.3 is 15.5 Å². The van der Waals surface area contributed by atoms with Crippen molar-refractivity contribution in [2.45, 2.75) is 6.92 Å². The fraction of sp³-hybridized carbons (Fsp3) is 0.174. The van der Waals surface area contributed by atoms with Crippen molar-refractivity contribution in [3.8, 4) is 5.69 Å². The van der Waals surface area contributed by atoms with Crippen LogP contribution in [0, 0.1) is 6.92 Å². The first-order chi connectivity index (χ1) is 15.5. The van der Waals surface area contributed by atoms with Gasteiger partial charge in [-0.25, -0.2) is 4.68 Å². The number of carbonyl (C=O) groups excluding carboxylic acids is 2. The lowest BCUT2D eigenvalue weighted by Crippen LogP contribution is -2.47. The van der Waals surface area contributed by atoms with Crippen molar-refractivity contribution < 1.29 is 9.59 Å². The topological polar surface area (TPSA) is 79.3 Å². The molecule has 0 radical (unpaired) electrons. The molecule has 3 heterocycles. The van der Waals surface area contributed by atoms with Gasteiger partial charge in [-0.15, -0.1) is 11.3 Å². The van der Waals surface area contributed by atoms with Gasteiger partial charge in [0.15, 0.2) is 0 Å². The summed E-state index contributed by atoms with van der Waals surface area (Å²) in [5, 5.41) is 12.0. The average Bonchev–Trinajstić information content (AvgIpc) is 3.35. The number of aryl methyl sites for hydroxylation is 1. The van der Waals surface area contributed by atoms with E-state index in [1.54, 1.807) is 0 Å². The van der Waals surface area contributed by atoms with Crippen LogP contribution in [0.1, 0.15) is 15.4 Å². The third kappa shape index (κ3) is 3.94. The lowest BCUT2D eigenvalue weighted by molar-refractivity contribution is -0.120. The van der Waals surface area contributed by atoms with Gasteiger partial charge in [0.25, 0.3) is 5.91 Å². The molecule has 7 nitrogen and oxygen atoms in total. The first kappa shape index (κ1) is 20.5. The molecule has 2 aromatic carbocycles. The number of aromatic nitrogens is 2. The van der Waals surface area contributed by atoms with Gasteiger partial charge in [-0.1, -0.05) is 17.7 Å². The fourth-order valence-electron chi connectivity index (χ4n) is 3.75. The summed E-state index contributed by atoms with van der Waals surface area (Å²) in [7, 11) is 0. The molecular formula is C23H20ClN5O2S. The van der Waals surface area contributed by atoms with E-state index >= 15 is 0 Å². The maximum atomic E-state index is 12.9. The smallest absolute Gasteiger partial charge is 0.265 e. The van der Waals surface area contributed by atoms with E-state index in [1.165, 1.54) is 11.3 Å². The van der Waals surface area contributed by atoms with Gasteiger partial charge in [-0.05, 0) is 55.5 Å². The molecule has 2 aromatic heterocycles. The van der Waals surface area contributed by atoms with Crippen LogP contribution in [0.15, 0.2) is 54.6 Å². The van der Waals surface area contributed by atoms with Gasteiger partial charge >= 0.3 is 0 Å². The number of piperazine rings is 1. The number of carbonyl (C=O) groups is 2. The van der Waals surface area contributed by atoms with E-state index in [0.717, 1.165) is 33.8 Å². The Hall–Kier alpha value is -3.36. The zero-order valence-electron chi connectivity index (χ0n) is 17.3. The predicted molar refractivity (Wildman–Crippen MR) is 128 cm³/mol. The quantitative estimate of drug-likeness (QED) is 0.472. The van der Waals surface area contributed by atoms with Crippen molar-refractivity contribution in [1.29, 1.82) is 0 Å². The van der Waals surface area contributed by atoms with Crippen LogP contribution in [-0.4, -0.2) is 41.2 Å². The van der Waals surface area contributed by atoms with E-state index in [9.17, 15) is 9.59 Å². The monoisotopic (exact) mass is 465 g/mol. The molecule has 1 saturated heterocycles. The molecule has 1 aliphatic rings. The Balaban J connectivity index is 1.36. The number of nitrogens with one attached hydrogen (secondary N) is 2. The first-order valence-corrected chi connectivity index (χ1v) is 11.4. The predicted octanol–water partition coefficient (Wildman–Crippen LogP) is 4.24. The summed E-state index contributed by atoms with van der Waals surface area (Å²) < 4.78 is 1.82. The van der Waals surface area contributed by atoms with Crippen molar-refractivity contribution in [1.82, 2.24) is 15.1 Å². The van der Waals surface area contributed by atoms with Gasteiger partial charge in [-0.2, -0.15) is 5.10 Å². The largest absolute Gasteiger partial charge is 0.360 e. The van der Waals surface area contributed by atoms with E-state index in [4.69, 9.17) is 11.6 Å². The standard InChI is InChI=1S/C23H20ClN5O2S/c1-14-19-12-20(32-23(19)29(27-14)18-4-2-3-15(24)11-18)22(31)26-16-5-7-17(8-6-16)28-10-9-25-21(30)13-28/h2-8,11-12H,9-10,13H2,1H3,(H,25,30)(H,26,31). The number of fused-ring (bicyclic) bond motifs is 1. The lowest BCUT2D eigenvalue weighted by atomic mass is 10.2. The Morgan fingerprint density at radius 1 is 1.16 bits per heavy atom. The molecule has 9 heteroatoms. The Labute approximate surface area is 193 Å². The molecule has 0 unspecified atom stereocenters. The molecule has 5 rings (SSSR count). The van der Waals surface area contributed by atoms with Gasteiger partial charge in [0.2, 0.25) is 5.91 Å². The number of thiophene rings is 1. The number of anilines is 2. The third-order valence-electron chi connectivity index (χ3n) is 5.35. The highest BCUT2D eigenvalue weighted by Crippen LogP contribution is 2.31. The SMILES string of the molecule is Cc1nn(-c2cccc(Cl)c2)c2sc(C(=O)Nc3ccc(N4CCNC(=O)C4)cc3)cc12. The Bertz CT molecular complexity index is 1330. The lowest BCUT2D eigenvalue weighted by Gasteiger charge is -2.28. The van der Waals surface area contributed by atoms with Gasteiger partial charge in [-0.3, -0.25) is 9.59 Å². The molecule has 0 aliphatic carbocycles. The minimum atomic E-state index is -0.173. The van der Waals surface area contributed by atoms with Gasteiger partial charge in [0.1, 0.15) is 4.83 Å². The highest BCUT2D eigenvalue weighted by atomic mass is 35.5. The molecule has 0 atom stereocenters. The fourth-order valence-corrected chi connectivity index (χ4v) is 5.01. The number of halogens is 1. The first-order valence-electron chi connectivity index (χ1n) is 10.2. The molecule has 1 fully saturated rings. The van der Waals surface area contributed by atoms with Crippen molar-refractivity contribution in [2.75, 3.05) is 29.9 Å². The average molecular weight is 466 g/mol. The molecule has 2 amide bonds. The maximum absolute atomic E-state index is 12.9. The number of hydrogen-bond acceptors (Lipinski definition) is 5. The normalized spacial score (nSPS) is 13.9. The van der Waals surface area contributed by atoms with Crippen LogP contribution in [0.3, 0.4) is 0 Å². The van der Waals surface area contributed by atoms with Crippen LogP contribution in [-0.2, 0) is 4.79 Å². The molecule has 0 saturated carbocycles. The number of amides is 2. The van der Waals surface area contributed by atoms with E-state index in [0.29, 0.717) is 28.7 Å². The Morgan fingerprint density at radius 3 is 2.72 bits per heavy atom. The molecule has 162 valence electrons. The van der Waals surface area contributed by atoms with Crippen molar-refractivity contribution in [3.63, 3.8) is 0 Å². The summed E-state index contributed by atoms with van der Waals surface area (Å²) in [5.74, 6) is -0.154. The molecule has 0 bridgehead atoms. The Kier molecular flexibility index (Phi) is 5.32. The molecule has 1 aliphatic heterocycles. The van der Waals surface area contributed by atoms with Crippen LogP contribution in [0.4, 0.5) is 11.4 Å². The van der Waals surface area contributed by atoms with Crippen LogP contribution < -0.4 is 15.5 Å². The number of hydrogen-bond donors (Lipinski definition) is 2. The molecule has 32 heavy (non-hydrogen) atoms. The number of benzene rings is 2. The van der Waals surface area contributed by atoms with Crippen LogP contribution >= 0.6 is 22.9 Å². The minimum absolute atomic E-state index is 0.0185. The number of rotatable bonds is 4. The highest BCUT2D eigenvalue weighted by Gasteiger charge is 2.19. The number of nitrogens with zero attached hydrogens (tertiary/aromatic N) is 3. The van der Waals surface area contributed by atoms with Gasteiger partial charge in [0.05, 0.1) is 22.8 Å². The van der Waals surface area contributed by atoms with Crippen LogP contribution in [0.2, 0.25) is 5.02 Å². The second-order valence-corrected chi connectivity index (χ2v) is 9.05. The van der Waals surface area contributed by atoms with Crippen molar-refractivity contribution >= 4 is 56.3 Å². The van der Waals surface area contributed by atoms with E-state index in [-0.39, 0.29) is 11.8 Å². The maximum Gasteiger partial charge on any atom is 0.265 e. The third-order valence-corrected chi connectivity index (χ3v) is 6.69. The summed E-state index contributed by atoms with van der Waals surface area (Å²) in [5.41, 5.74) is 3.36. The Morgan fingerprint density at radius 2 is 1.97 bits per heavy atom. The minimum Gasteiger partial charge on any atom is -0.360 e. The zero-order valence-corrected chi connectivity index (χ0v) is 18.8. The summed E-state index contributed by atoms with van der Waals surface area (Å²) >= 11 is 7.53. The summed E-state index contributed by atoms with van der Waals surface area (Å²) in [6.45, 7) is 3.67. The van der Waals surface area contributed by atoms with Crippen molar-refractivity contribution in [2.24, 2.45) is 0 Å². The summed E-state index contributed by atoms with van der Waals surface area (Å²) in [6.07, 6.45) is 0. The van der Waals surface area contributed by atoms with E-state index in [2.05, 4.69) is 15.7 Å². The second kappa shape index (κ2) is 8.29. The molecule has 4 aromatic rings. The molecule has 2 N–H and O–H groups in total. The highest BCUT2D eigenvalue weighted by molar-refractivity contribution is 7.20. The summed E-state index contributed by atoms with van der Waals surface area (Å²) in [4.78, 5) is 28.0. The van der Waals surface area contributed by atoms with Gasteiger partial charge in [0, 0.05) is 34.9 Å². The molecule has 0 spiro atoms.